The number of ether oxygens (including phenoxy) is 2. The van der Waals surface area contributed by atoms with Crippen LogP contribution in [0.15, 0.2) is 0 Å². The van der Waals surface area contributed by atoms with Crippen LogP contribution in [0, 0.1) is 0 Å². The predicted molar refractivity (Wildman–Crippen MR) is 42.7 cm³/mol. The van der Waals surface area contributed by atoms with Crippen LogP contribution in [-0.2, 0) is 9.47 Å². The van der Waals surface area contributed by atoms with Crippen LogP contribution in [0.5, 0.6) is 0 Å². The van der Waals surface area contributed by atoms with Crippen molar-refractivity contribution in [1.82, 2.24) is 5.32 Å². The molecule has 2 fully saturated rings. The molecule has 0 amide bonds. The van der Waals surface area contributed by atoms with Gasteiger partial charge in [-0.15, -0.1) is 0 Å². The lowest BCUT2D eigenvalue weighted by Crippen LogP contribution is -2.36. The van der Waals surface area contributed by atoms with Crippen molar-refractivity contribution in [3.05, 3.63) is 0 Å². The standard InChI is InChI=1S/C8H15NO3/c10-4-6-5-11-8(12-6)7-2-1-3-9-7/h6-10H,1-5H2. The molecular weight excluding hydrogens is 158 g/mol. The molecule has 2 heterocycles. The molecule has 2 N–H and O–H groups in total. The molecule has 3 atom stereocenters. The smallest absolute Gasteiger partial charge is 0.173 e. The topological polar surface area (TPSA) is 50.7 Å². The first-order valence-electron chi connectivity index (χ1n) is 4.51. The highest BCUT2D eigenvalue weighted by molar-refractivity contribution is 4.81. The SMILES string of the molecule is OCC1COC(C2CCCN2)O1. The number of hydrogen-bond acceptors (Lipinski definition) is 4. The van der Waals surface area contributed by atoms with Gasteiger partial charge in [-0.25, -0.2) is 0 Å². The van der Waals surface area contributed by atoms with Gasteiger partial charge in [0.15, 0.2) is 6.29 Å². The van der Waals surface area contributed by atoms with Crippen molar-refractivity contribution >= 4 is 0 Å². The zero-order valence-electron chi connectivity index (χ0n) is 7.03. The first-order chi connectivity index (χ1) is 5.90. The third kappa shape index (κ3) is 1.61. The maximum atomic E-state index is 8.80. The molecule has 4 nitrogen and oxygen atoms in total. The maximum Gasteiger partial charge on any atom is 0.173 e. The molecule has 2 aliphatic rings. The van der Waals surface area contributed by atoms with Crippen molar-refractivity contribution in [3.63, 3.8) is 0 Å². The first-order valence-corrected chi connectivity index (χ1v) is 4.51. The van der Waals surface area contributed by atoms with E-state index in [0.29, 0.717) is 12.6 Å². The minimum atomic E-state index is -0.135. The molecule has 12 heavy (non-hydrogen) atoms. The number of hydrogen-bond donors (Lipinski definition) is 2. The van der Waals surface area contributed by atoms with Gasteiger partial charge in [0.1, 0.15) is 6.10 Å². The molecule has 0 radical (unpaired) electrons. The molecule has 4 heteroatoms. The highest BCUT2D eigenvalue weighted by atomic mass is 16.7. The van der Waals surface area contributed by atoms with Gasteiger partial charge in [0.2, 0.25) is 0 Å². The van der Waals surface area contributed by atoms with Crippen molar-refractivity contribution in [3.8, 4) is 0 Å². The summed E-state index contributed by atoms with van der Waals surface area (Å²) < 4.78 is 10.9. The predicted octanol–water partition coefficient (Wildman–Crippen LogP) is -0.528. The minimum Gasteiger partial charge on any atom is -0.394 e. The van der Waals surface area contributed by atoms with Crippen molar-refractivity contribution in [1.29, 1.82) is 0 Å². The quantitative estimate of drug-likeness (QED) is 0.589. The fraction of sp³-hybridized carbons (Fsp3) is 1.00. The lowest BCUT2D eigenvalue weighted by atomic mass is 10.2. The Kier molecular flexibility index (Phi) is 2.60. The Morgan fingerprint density at radius 3 is 3.00 bits per heavy atom. The second-order valence-corrected chi connectivity index (χ2v) is 3.35. The Morgan fingerprint density at radius 1 is 1.50 bits per heavy atom. The zero-order valence-corrected chi connectivity index (χ0v) is 7.03. The van der Waals surface area contributed by atoms with Gasteiger partial charge in [0.25, 0.3) is 0 Å². The Morgan fingerprint density at radius 2 is 2.42 bits per heavy atom. The molecule has 70 valence electrons. The van der Waals surface area contributed by atoms with Crippen molar-refractivity contribution in [2.75, 3.05) is 19.8 Å². The summed E-state index contributed by atoms with van der Waals surface area (Å²) >= 11 is 0. The third-order valence-electron chi connectivity index (χ3n) is 2.40. The van der Waals surface area contributed by atoms with Crippen LogP contribution in [-0.4, -0.2) is 43.3 Å². The van der Waals surface area contributed by atoms with E-state index in [1.165, 1.54) is 6.42 Å². The lowest BCUT2D eigenvalue weighted by Gasteiger charge is -2.17. The van der Waals surface area contributed by atoms with Crippen LogP contribution in [0.4, 0.5) is 0 Å². The van der Waals surface area contributed by atoms with E-state index in [1.54, 1.807) is 0 Å². The van der Waals surface area contributed by atoms with Crippen LogP contribution < -0.4 is 5.32 Å². The van der Waals surface area contributed by atoms with Gasteiger partial charge < -0.3 is 19.9 Å². The van der Waals surface area contributed by atoms with Gasteiger partial charge in [0, 0.05) is 0 Å². The largest absolute Gasteiger partial charge is 0.394 e. The summed E-state index contributed by atoms with van der Waals surface area (Å²) in [6.45, 7) is 1.64. The molecule has 0 aromatic carbocycles. The van der Waals surface area contributed by atoms with E-state index in [4.69, 9.17) is 14.6 Å². The Balaban J connectivity index is 1.81. The van der Waals surface area contributed by atoms with Gasteiger partial charge in [0.05, 0.1) is 19.3 Å². The van der Waals surface area contributed by atoms with Gasteiger partial charge >= 0.3 is 0 Å². The van der Waals surface area contributed by atoms with Crippen LogP contribution in [0.1, 0.15) is 12.8 Å². The molecule has 0 aromatic heterocycles. The molecule has 2 rings (SSSR count). The normalized spacial score (nSPS) is 42.2. The average molecular weight is 173 g/mol. The van der Waals surface area contributed by atoms with E-state index in [-0.39, 0.29) is 19.0 Å². The monoisotopic (exact) mass is 173 g/mol. The fourth-order valence-electron chi connectivity index (χ4n) is 1.72. The van der Waals surface area contributed by atoms with Crippen molar-refractivity contribution < 1.29 is 14.6 Å². The summed E-state index contributed by atoms with van der Waals surface area (Å²) in [5, 5.41) is 12.1. The van der Waals surface area contributed by atoms with E-state index in [1.807, 2.05) is 0 Å². The molecular formula is C8H15NO3. The van der Waals surface area contributed by atoms with E-state index >= 15 is 0 Å². The van der Waals surface area contributed by atoms with Crippen LogP contribution >= 0.6 is 0 Å². The van der Waals surface area contributed by atoms with E-state index in [2.05, 4.69) is 5.32 Å². The highest BCUT2D eigenvalue weighted by Gasteiger charge is 2.33. The summed E-state index contributed by atoms with van der Waals surface area (Å²) in [7, 11) is 0. The molecule has 2 saturated heterocycles. The van der Waals surface area contributed by atoms with Gasteiger partial charge in [-0.3, -0.25) is 0 Å². The highest BCUT2D eigenvalue weighted by Crippen LogP contribution is 2.19. The Bertz CT molecular complexity index is 147. The first kappa shape index (κ1) is 8.44. The summed E-state index contributed by atoms with van der Waals surface area (Å²) in [5.41, 5.74) is 0. The fourth-order valence-corrected chi connectivity index (χ4v) is 1.72. The Labute approximate surface area is 71.9 Å². The molecule has 0 spiro atoms. The molecule has 2 aliphatic heterocycles. The number of nitrogens with one attached hydrogen (secondary N) is 1. The lowest BCUT2D eigenvalue weighted by molar-refractivity contribution is -0.0834. The van der Waals surface area contributed by atoms with E-state index in [9.17, 15) is 0 Å². The summed E-state index contributed by atoms with van der Waals surface area (Å²) in [6, 6.07) is 0.335. The number of aliphatic hydroxyl groups excluding tert-OH is 1. The summed E-state index contributed by atoms with van der Waals surface area (Å²) in [5.74, 6) is 0. The molecule has 0 bridgehead atoms. The second-order valence-electron chi connectivity index (χ2n) is 3.35. The molecule has 0 aliphatic carbocycles. The van der Waals surface area contributed by atoms with Gasteiger partial charge in [-0.2, -0.15) is 0 Å². The van der Waals surface area contributed by atoms with E-state index < -0.39 is 0 Å². The minimum absolute atomic E-state index is 0.0588. The molecule has 3 unspecified atom stereocenters. The average Bonchev–Trinajstić information content (AvgIpc) is 2.75. The number of rotatable bonds is 2. The molecule has 0 aromatic rings. The van der Waals surface area contributed by atoms with Crippen molar-refractivity contribution in [2.24, 2.45) is 0 Å². The molecule has 0 saturated carbocycles. The summed E-state index contributed by atoms with van der Waals surface area (Å²) in [4.78, 5) is 0. The maximum absolute atomic E-state index is 8.80. The zero-order chi connectivity index (χ0) is 8.39. The third-order valence-corrected chi connectivity index (χ3v) is 2.40. The summed E-state index contributed by atoms with van der Waals surface area (Å²) in [6.07, 6.45) is 2.06. The van der Waals surface area contributed by atoms with Crippen molar-refractivity contribution in [2.45, 2.75) is 31.3 Å². The van der Waals surface area contributed by atoms with Crippen LogP contribution in [0.25, 0.3) is 0 Å². The van der Waals surface area contributed by atoms with Crippen LogP contribution in [0.2, 0.25) is 0 Å². The van der Waals surface area contributed by atoms with Crippen LogP contribution in [0.3, 0.4) is 0 Å². The Hall–Kier alpha value is -0.160. The van der Waals surface area contributed by atoms with Gasteiger partial charge in [-0.1, -0.05) is 0 Å². The van der Waals surface area contributed by atoms with E-state index in [0.717, 1.165) is 13.0 Å². The second kappa shape index (κ2) is 3.70. The number of aliphatic hydroxyl groups is 1. The van der Waals surface area contributed by atoms with Gasteiger partial charge in [-0.05, 0) is 19.4 Å².